The quantitative estimate of drug-likeness (QED) is 0.770. The lowest BCUT2D eigenvalue weighted by atomic mass is 10.0. The van der Waals surface area contributed by atoms with E-state index < -0.39 is 0 Å². The SMILES string of the molecule is C1CNC1.N#Cc1ccccc1-c1ccc2oc(CCN3CCC3)nc2c1. The highest BCUT2D eigenvalue weighted by Crippen LogP contribution is 2.27. The highest BCUT2D eigenvalue weighted by Gasteiger charge is 2.15. The second kappa shape index (κ2) is 8.34. The van der Waals surface area contributed by atoms with Gasteiger partial charge in [0.1, 0.15) is 5.52 Å². The molecule has 5 rings (SSSR count). The summed E-state index contributed by atoms with van der Waals surface area (Å²) in [5.74, 6) is 0.789. The third kappa shape index (κ3) is 4.19. The summed E-state index contributed by atoms with van der Waals surface area (Å²) in [6.07, 6.45) is 3.54. The van der Waals surface area contributed by atoms with E-state index >= 15 is 0 Å². The predicted molar refractivity (Wildman–Crippen MR) is 106 cm³/mol. The molecule has 0 amide bonds. The number of likely N-dealkylation sites (tertiary alicyclic amines) is 1. The predicted octanol–water partition coefficient (Wildman–Crippen LogP) is 3.59. The molecule has 0 aliphatic carbocycles. The van der Waals surface area contributed by atoms with E-state index in [0.717, 1.165) is 41.1 Å². The Labute approximate surface area is 159 Å². The average Bonchev–Trinajstić information content (AvgIpc) is 3.01. The first-order valence-corrected chi connectivity index (χ1v) is 9.65. The van der Waals surface area contributed by atoms with Crippen LogP contribution in [0.1, 0.15) is 24.3 Å². The lowest BCUT2D eigenvalue weighted by molar-refractivity contribution is 0.180. The molecule has 1 N–H and O–H groups in total. The summed E-state index contributed by atoms with van der Waals surface area (Å²) >= 11 is 0. The molecule has 27 heavy (non-hydrogen) atoms. The minimum atomic E-state index is 0.674. The Morgan fingerprint density at radius 3 is 2.56 bits per heavy atom. The highest BCUT2D eigenvalue weighted by atomic mass is 16.3. The van der Waals surface area contributed by atoms with Crippen LogP contribution in [0.4, 0.5) is 0 Å². The molecule has 0 unspecified atom stereocenters. The molecule has 3 heterocycles. The molecule has 2 saturated heterocycles. The van der Waals surface area contributed by atoms with E-state index in [2.05, 4.69) is 21.3 Å². The summed E-state index contributed by atoms with van der Waals surface area (Å²) in [6.45, 7) is 5.89. The van der Waals surface area contributed by atoms with Gasteiger partial charge in [0.15, 0.2) is 11.5 Å². The lowest BCUT2D eigenvalue weighted by Crippen LogP contribution is -2.38. The number of hydrogen-bond acceptors (Lipinski definition) is 5. The van der Waals surface area contributed by atoms with Gasteiger partial charge in [0.25, 0.3) is 0 Å². The van der Waals surface area contributed by atoms with E-state index in [1.54, 1.807) is 0 Å². The van der Waals surface area contributed by atoms with Crippen LogP contribution in [0.15, 0.2) is 46.9 Å². The second-order valence-corrected chi connectivity index (χ2v) is 7.00. The summed E-state index contributed by atoms with van der Waals surface area (Å²) in [5.41, 5.74) is 4.27. The lowest BCUT2D eigenvalue weighted by Gasteiger charge is -2.29. The van der Waals surface area contributed by atoms with Crippen molar-refractivity contribution in [3.05, 3.63) is 53.9 Å². The van der Waals surface area contributed by atoms with Crippen molar-refractivity contribution >= 4 is 11.1 Å². The van der Waals surface area contributed by atoms with Gasteiger partial charge in [-0.2, -0.15) is 5.26 Å². The fraction of sp³-hybridized carbons (Fsp3) is 0.364. The van der Waals surface area contributed by atoms with E-state index in [1.165, 1.54) is 39.0 Å². The fourth-order valence-corrected chi connectivity index (χ4v) is 3.12. The van der Waals surface area contributed by atoms with E-state index in [-0.39, 0.29) is 0 Å². The Balaban J connectivity index is 0.000000400. The smallest absolute Gasteiger partial charge is 0.196 e. The minimum absolute atomic E-state index is 0.674. The Hall–Kier alpha value is -2.68. The summed E-state index contributed by atoms with van der Waals surface area (Å²) in [6, 6.07) is 15.8. The van der Waals surface area contributed by atoms with E-state index in [9.17, 15) is 5.26 Å². The zero-order valence-corrected chi connectivity index (χ0v) is 15.4. The molecule has 0 radical (unpaired) electrons. The van der Waals surface area contributed by atoms with Crippen LogP contribution in [-0.2, 0) is 6.42 Å². The van der Waals surface area contributed by atoms with Gasteiger partial charge >= 0.3 is 0 Å². The maximum Gasteiger partial charge on any atom is 0.196 e. The maximum atomic E-state index is 9.26. The van der Waals surface area contributed by atoms with Crippen LogP contribution in [-0.4, -0.2) is 42.6 Å². The normalized spacial score (nSPS) is 16.0. The maximum absolute atomic E-state index is 9.26. The second-order valence-electron chi connectivity index (χ2n) is 7.00. The fourth-order valence-electron chi connectivity index (χ4n) is 3.12. The van der Waals surface area contributed by atoms with Crippen molar-refractivity contribution < 1.29 is 4.42 Å². The first kappa shape index (κ1) is 17.7. The summed E-state index contributed by atoms with van der Waals surface area (Å²) < 4.78 is 5.83. The van der Waals surface area contributed by atoms with Crippen molar-refractivity contribution in [2.24, 2.45) is 0 Å². The molecule has 1 aromatic heterocycles. The van der Waals surface area contributed by atoms with Crippen LogP contribution in [0.2, 0.25) is 0 Å². The molecule has 0 bridgehead atoms. The van der Waals surface area contributed by atoms with Crippen molar-refractivity contribution in [1.29, 1.82) is 5.26 Å². The zero-order chi connectivity index (χ0) is 18.5. The van der Waals surface area contributed by atoms with Gasteiger partial charge in [-0.15, -0.1) is 0 Å². The van der Waals surface area contributed by atoms with Crippen LogP contribution in [0, 0.1) is 11.3 Å². The van der Waals surface area contributed by atoms with E-state index in [1.807, 2.05) is 42.5 Å². The highest BCUT2D eigenvalue weighted by molar-refractivity contribution is 5.82. The number of oxazole rings is 1. The molecule has 5 heteroatoms. The van der Waals surface area contributed by atoms with Gasteiger partial charge in [0.05, 0.1) is 11.6 Å². The topological polar surface area (TPSA) is 65.1 Å². The van der Waals surface area contributed by atoms with Crippen LogP contribution < -0.4 is 5.32 Å². The van der Waals surface area contributed by atoms with Crippen molar-refractivity contribution in [3.8, 4) is 17.2 Å². The molecule has 0 saturated carbocycles. The average molecular weight is 360 g/mol. The summed E-state index contributed by atoms with van der Waals surface area (Å²) in [7, 11) is 0. The molecular weight excluding hydrogens is 336 g/mol. The van der Waals surface area contributed by atoms with Gasteiger partial charge in [-0.3, -0.25) is 0 Å². The summed E-state index contributed by atoms with van der Waals surface area (Å²) in [5, 5.41) is 12.4. The molecular formula is C22H24N4O. The van der Waals surface area contributed by atoms with Crippen LogP contribution in [0.5, 0.6) is 0 Å². The van der Waals surface area contributed by atoms with Crippen LogP contribution in [0.25, 0.3) is 22.2 Å². The van der Waals surface area contributed by atoms with Gasteiger partial charge in [-0.1, -0.05) is 24.3 Å². The number of aromatic nitrogens is 1. The summed E-state index contributed by atoms with van der Waals surface area (Å²) in [4.78, 5) is 7.01. The van der Waals surface area contributed by atoms with Gasteiger partial charge in [0.2, 0.25) is 0 Å². The van der Waals surface area contributed by atoms with Gasteiger partial charge in [-0.25, -0.2) is 4.98 Å². The van der Waals surface area contributed by atoms with Crippen molar-refractivity contribution in [2.75, 3.05) is 32.7 Å². The number of nitriles is 1. The Morgan fingerprint density at radius 2 is 1.89 bits per heavy atom. The molecule has 2 aliphatic heterocycles. The van der Waals surface area contributed by atoms with E-state index in [0.29, 0.717) is 5.56 Å². The number of nitrogens with zero attached hydrogens (tertiary/aromatic N) is 3. The standard InChI is InChI=1S/C19H17N3O.C3H7N/c20-13-15-4-1-2-5-16(15)14-6-7-18-17(12-14)21-19(23-18)8-11-22-9-3-10-22;1-2-4-3-1/h1-2,4-7,12H,3,8-11H2;4H,1-3H2. The van der Waals surface area contributed by atoms with E-state index in [4.69, 9.17) is 4.42 Å². The van der Waals surface area contributed by atoms with Crippen molar-refractivity contribution in [3.63, 3.8) is 0 Å². The number of nitrogens with one attached hydrogen (secondary N) is 1. The third-order valence-corrected chi connectivity index (χ3v) is 5.09. The Kier molecular flexibility index (Phi) is 5.47. The molecule has 2 aromatic carbocycles. The first-order valence-electron chi connectivity index (χ1n) is 9.65. The van der Waals surface area contributed by atoms with Crippen LogP contribution >= 0.6 is 0 Å². The Bertz CT molecular complexity index is 944. The molecule has 138 valence electrons. The number of hydrogen-bond donors (Lipinski definition) is 1. The zero-order valence-electron chi connectivity index (χ0n) is 15.4. The third-order valence-electron chi connectivity index (χ3n) is 5.09. The van der Waals surface area contributed by atoms with Gasteiger partial charge in [-0.05, 0) is 68.3 Å². The molecule has 3 aromatic rings. The molecule has 2 aliphatic rings. The molecule has 5 nitrogen and oxygen atoms in total. The van der Waals surface area contributed by atoms with Gasteiger partial charge in [0, 0.05) is 13.0 Å². The molecule has 2 fully saturated rings. The first-order chi connectivity index (χ1) is 13.3. The largest absolute Gasteiger partial charge is 0.441 e. The number of rotatable bonds is 4. The van der Waals surface area contributed by atoms with Crippen molar-refractivity contribution in [2.45, 2.75) is 19.3 Å². The van der Waals surface area contributed by atoms with Crippen molar-refractivity contribution in [1.82, 2.24) is 15.2 Å². The Morgan fingerprint density at radius 1 is 1.11 bits per heavy atom. The number of benzene rings is 2. The van der Waals surface area contributed by atoms with Gasteiger partial charge < -0.3 is 14.6 Å². The number of fused-ring (bicyclic) bond motifs is 1. The monoisotopic (exact) mass is 360 g/mol. The van der Waals surface area contributed by atoms with Crippen LogP contribution in [0.3, 0.4) is 0 Å². The minimum Gasteiger partial charge on any atom is -0.441 e. The molecule has 0 atom stereocenters. The molecule has 0 spiro atoms.